The Hall–Kier alpha value is -0.980. The second-order valence-electron chi connectivity index (χ2n) is 9.63. The van der Waals surface area contributed by atoms with Crippen molar-refractivity contribution in [2.75, 3.05) is 6.61 Å². The van der Waals surface area contributed by atoms with Crippen LogP contribution < -0.4 is 4.74 Å². The molecule has 1 aromatic carbocycles. The van der Waals surface area contributed by atoms with Gasteiger partial charge in [0.1, 0.15) is 5.75 Å². The van der Waals surface area contributed by atoms with Crippen molar-refractivity contribution < 1.29 is 4.74 Å². The van der Waals surface area contributed by atoms with Crippen LogP contribution in [-0.2, 0) is 0 Å². The molecule has 1 aromatic rings. The predicted molar refractivity (Wildman–Crippen MR) is 121 cm³/mol. The summed E-state index contributed by atoms with van der Waals surface area (Å²) in [4.78, 5) is 0. The lowest BCUT2D eigenvalue weighted by Gasteiger charge is -2.31. The first-order valence-corrected chi connectivity index (χ1v) is 12.5. The Morgan fingerprint density at radius 3 is 2.04 bits per heavy atom. The van der Waals surface area contributed by atoms with Crippen molar-refractivity contribution in [3.63, 3.8) is 0 Å². The molecule has 1 heteroatoms. The number of benzene rings is 1. The monoisotopic (exact) mass is 384 g/mol. The Bertz CT molecular complexity index is 526. The highest BCUT2D eigenvalue weighted by atomic mass is 16.5. The van der Waals surface area contributed by atoms with Crippen molar-refractivity contribution in [1.82, 2.24) is 0 Å². The van der Waals surface area contributed by atoms with Crippen molar-refractivity contribution in [3.8, 4) is 5.75 Å². The highest BCUT2D eigenvalue weighted by Gasteiger charge is 2.24. The molecule has 0 amide bonds. The molecule has 2 aliphatic carbocycles. The maximum atomic E-state index is 6.09. The number of ether oxygens (including phenoxy) is 1. The molecule has 0 spiro atoms. The molecule has 158 valence electrons. The van der Waals surface area contributed by atoms with Crippen LogP contribution in [0, 0.1) is 17.8 Å². The Labute approximate surface area is 174 Å². The second-order valence-corrected chi connectivity index (χ2v) is 9.63. The van der Waals surface area contributed by atoms with E-state index in [2.05, 4.69) is 38.1 Å². The number of hydrogen-bond acceptors (Lipinski definition) is 1. The van der Waals surface area contributed by atoms with Crippen LogP contribution in [0.25, 0.3) is 0 Å². The smallest absolute Gasteiger partial charge is 0.119 e. The third-order valence-corrected chi connectivity index (χ3v) is 7.76. The summed E-state index contributed by atoms with van der Waals surface area (Å²) >= 11 is 0. The van der Waals surface area contributed by atoms with Crippen molar-refractivity contribution in [3.05, 3.63) is 29.8 Å². The number of rotatable bonds is 10. The molecule has 28 heavy (non-hydrogen) atoms. The lowest BCUT2D eigenvalue weighted by molar-refractivity contribution is 0.191. The van der Waals surface area contributed by atoms with E-state index >= 15 is 0 Å². The molecule has 0 N–H and O–H groups in total. The van der Waals surface area contributed by atoms with Crippen molar-refractivity contribution >= 4 is 0 Å². The first kappa shape index (κ1) is 21.7. The van der Waals surface area contributed by atoms with E-state index in [4.69, 9.17) is 4.74 Å². The molecular weight excluding hydrogens is 340 g/mol. The third kappa shape index (κ3) is 6.53. The van der Waals surface area contributed by atoms with Crippen LogP contribution in [0.2, 0.25) is 0 Å². The summed E-state index contributed by atoms with van der Waals surface area (Å²) in [5.41, 5.74) is 1.53. The summed E-state index contributed by atoms with van der Waals surface area (Å²) in [6.07, 6.45) is 19.6. The van der Waals surface area contributed by atoms with Gasteiger partial charge in [0.15, 0.2) is 0 Å². The molecule has 1 nitrogen and oxygen atoms in total. The summed E-state index contributed by atoms with van der Waals surface area (Å²) in [7, 11) is 0. The van der Waals surface area contributed by atoms with Crippen LogP contribution in [0.15, 0.2) is 24.3 Å². The van der Waals surface area contributed by atoms with Crippen LogP contribution in [0.4, 0.5) is 0 Å². The molecule has 0 radical (unpaired) electrons. The van der Waals surface area contributed by atoms with Crippen LogP contribution in [0.1, 0.15) is 115 Å². The fraction of sp³-hybridized carbons (Fsp3) is 0.778. The van der Waals surface area contributed by atoms with Gasteiger partial charge >= 0.3 is 0 Å². The van der Waals surface area contributed by atoms with E-state index in [0.29, 0.717) is 0 Å². The quantitative estimate of drug-likeness (QED) is 0.367. The topological polar surface area (TPSA) is 9.23 Å². The lowest BCUT2D eigenvalue weighted by atomic mass is 9.75. The Balaban J connectivity index is 1.37. The molecule has 0 aliphatic heterocycles. The van der Waals surface area contributed by atoms with Gasteiger partial charge in [-0.1, -0.05) is 77.3 Å². The zero-order valence-corrected chi connectivity index (χ0v) is 18.6. The van der Waals surface area contributed by atoms with Gasteiger partial charge in [-0.05, 0) is 79.9 Å². The fourth-order valence-corrected chi connectivity index (χ4v) is 5.79. The Morgan fingerprint density at radius 2 is 1.43 bits per heavy atom. The molecule has 0 saturated heterocycles. The summed E-state index contributed by atoms with van der Waals surface area (Å²) in [6.45, 7) is 5.56. The fourth-order valence-electron chi connectivity index (χ4n) is 5.79. The Kier molecular flexibility index (Phi) is 9.22. The van der Waals surface area contributed by atoms with Crippen molar-refractivity contribution in [1.29, 1.82) is 0 Å². The lowest BCUT2D eigenvalue weighted by Crippen LogP contribution is -2.20. The van der Waals surface area contributed by atoms with E-state index in [1.807, 2.05) is 0 Å². The van der Waals surface area contributed by atoms with Gasteiger partial charge in [0.05, 0.1) is 6.61 Å². The van der Waals surface area contributed by atoms with Gasteiger partial charge in [0.25, 0.3) is 0 Å². The van der Waals surface area contributed by atoms with Gasteiger partial charge in [-0.2, -0.15) is 0 Å². The minimum atomic E-state index is 0.781. The number of unbranched alkanes of at least 4 members (excludes halogenated alkanes) is 1. The molecular formula is C27H44O. The van der Waals surface area contributed by atoms with Gasteiger partial charge in [-0.15, -0.1) is 0 Å². The molecule has 2 unspecified atom stereocenters. The third-order valence-electron chi connectivity index (χ3n) is 7.76. The maximum Gasteiger partial charge on any atom is 0.119 e. The Morgan fingerprint density at radius 1 is 0.786 bits per heavy atom. The van der Waals surface area contributed by atoms with Crippen LogP contribution >= 0.6 is 0 Å². The molecule has 2 fully saturated rings. The minimum absolute atomic E-state index is 0.781. The highest BCUT2D eigenvalue weighted by Crippen LogP contribution is 2.38. The van der Waals surface area contributed by atoms with Gasteiger partial charge in [0.2, 0.25) is 0 Å². The molecule has 2 aliphatic rings. The van der Waals surface area contributed by atoms with Gasteiger partial charge in [-0.25, -0.2) is 0 Å². The first-order valence-electron chi connectivity index (χ1n) is 12.5. The summed E-state index contributed by atoms with van der Waals surface area (Å²) in [5, 5.41) is 0. The molecule has 0 bridgehead atoms. The van der Waals surface area contributed by atoms with E-state index < -0.39 is 0 Å². The van der Waals surface area contributed by atoms with Crippen molar-refractivity contribution in [2.24, 2.45) is 17.8 Å². The van der Waals surface area contributed by atoms with Crippen LogP contribution in [0.3, 0.4) is 0 Å². The van der Waals surface area contributed by atoms with E-state index in [0.717, 1.165) is 36.0 Å². The van der Waals surface area contributed by atoms with E-state index in [-0.39, 0.29) is 0 Å². The molecule has 3 rings (SSSR count). The number of hydrogen-bond donors (Lipinski definition) is 0. The van der Waals surface area contributed by atoms with E-state index in [9.17, 15) is 0 Å². The average molecular weight is 385 g/mol. The molecule has 2 atom stereocenters. The van der Waals surface area contributed by atoms with Crippen LogP contribution in [-0.4, -0.2) is 6.61 Å². The van der Waals surface area contributed by atoms with Gasteiger partial charge in [-0.3, -0.25) is 0 Å². The molecule has 2 saturated carbocycles. The summed E-state index contributed by atoms with van der Waals surface area (Å²) in [6, 6.07) is 9.08. The average Bonchev–Trinajstić information content (AvgIpc) is 2.76. The predicted octanol–water partition coefficient (Wildman–Crippen LogP) is 8.53. The zero-order chi connectivity index (χ0) is 19.6. The standard InChI is InChI=1S/C27H44O/c1-3-5-9-23-10-6-7-11-24(23)12-8-21-28-27-19-17-26(18-20-27)25-15-13-22(4-2)14-16-25/h17-20,22-25H,3-16,21H2,1-2H3. The van der Waals surface area contributed by atoms with E-state index in [1.165, 1.54) is 95.5 Å². The zero-order valence-electron chi connectivity index (χ0n) is 18.6. The molecule has 0 aromatic heterocycles. The SMILES string of the molecule is CCCCC1CCCCC1CCCOc1ccc(C2CCC(CC)CC2)cc1. The van der Waals surface area contributed by atoms with Gasteiger partial charge < -0.3 is 4.74 Å². The van der Waals surface area contributed by atoms with Gasteiger partial charge in [0, 0.05) is 0 Å². The van der Waals surface area contributed by atoms with Crippen molar-refractivity contribution in [2.45, 2.75) is 110 Å². The molecule has 0 heterocycles. The van der Waals surface area contributed by atoms with E-state index in [1.54, 1.807) is 0 Å². The highest BCUT2D eigenvalue weighted by molar-refractivity contribution is 5.29. The largest absolute Gasteiger partial charge is 0.494 e. The first-order chi connectivity index (χ1) is 13.8. The minimum Gasteiger partial charge on any atom is -0.494 e. The maximum absolute atomic E-state index is 6.09. The normalized spacial score (nSPS) is 28.2. The van der Waals surface area contributed by atoms with Crippen LogP contribution in [0.5, 0.6) is 5.75 Å². The summed E-state index contributed by atoms with van der Waals surface area (Å²) < 4.78 is 6.09. The second kappa shape index (κ2) is 11.9. The summed E-state index contributed by atoms with van der Waals surface area (Å²) in [5.74, 6) is 4.78.